The number of ketones is 1. The van der Waals surface area contributed by atoms with Crippen LogP contribution in [0.5, 0.6) is 5.75 Å². The van der Waals surface area contributed by atoms with E-state index in [1.165, 1.54) is 13.0 Å². The number of phenolic OH excluding ortho intramolecular Hbond substituents is 1. The highest BCUT2D eigenvalue weighted by Gasteiger charge is 2.23. The first-order valence-corrected chi connectivity index (χ1v) is 8.25. The van der Waals surface area contributed by atoms with E-state index < -0.39 is 12.1 Å². The lowest BCUT2D eigenvalue weighted by molar-refractivity contribution is 0.0316. The number of para-hydroxylation sites is 1. The fourth-order valence-corrected chi connectivity index (χ4v) is 2.47. The van der Waals surface area contributed by atoms with Crippen LogP contribution in [0, 0.1) is 6.92 Å². The van der Waals surface area contributed by atoms with E-state index in [2.05, 4.69) is 20.8 Å². The third-order valence-corrected chi connectivity index (χ3v) is 4.15. The molecule has 0 aliphatic heterocycles. The van der Waals surface area contributed by atoms with Gasteiger partial charge in [0.15, 0.2) is 6.10 Å². The van der Waals surface area contributed by atoms with Crippen LogP contribution in [0.25, 0.3) is 0 Å². The molecule has 132 valence electrons. The number of hydrogen-bond donors (Lipinski definition) is 1. The number of benzene rings is 2. The molecule has 1 N–H and O–H groups in total. The number of aromatic hydroxyl groups is 1. The second-order valence-corrected chi connectivity index (χ2v) is 7.21. The topological polar surface area (TPSA) is 63.6 Å². The Labute approximate surface area is 148 Å². The summed E-state index contributed by atoms with van der Waals surface area (Å²) in [6.45, 7) is 9.52. The summed E-state index contributed by atoms with van der Waals surface area (Å²) in [5.41, 5.74) is 2.25. The summed E-state index contributed by atoms with van der Waals surface area (Å²) < 4.78 is 5.24. The SMILES string of the molecule is Cc1cccc(C(=O)O[C@H](C)C(=O)c2ccc(C(C)(C)C)cc2)c1O. The summed E-state index contributed by atoms with van der Waals surface area (Å²) in [4.78, 5) is 24.7. The number of hydrogen-bond acceptors (Lipinski definition) is 4. The van der Waals surface area contributed by atoms with E-state index in [1.807, 2.05) is 12.1 Å². The molecule has 0 bridgehead atoms. The molecule has 25 heavy (non-hydrogen) atoms. The summed E-state index contributed by atoms with van der Waals surface area (Å²) >= 11 is 0. The van der Waals surface area contributed by atoms with Crippen molar-refractivity contribution in [2.45, 2.75) is 46.1 Å². The van der Waals surface area contributed by atoms with Crippen LogP contribution in [0.2, 0.25) is 0 Å². The van der Waals surface area contributed by atoms with E-state index in [0.717, 1.165) is 5.56 Å². The third-order valence-electron chi connectivity index (χ3n) is 4.15. The molecule has 0 unspecified atom stereocenters. The lowest BCUT2D eigenvalue weighted by atomic mass is 9.86. The molecular formula is C21H24O4. The molecule has 0 saturated carbocycles. The minimum Gasteiger partial charge on any atom is -0.507 e. The van der Waals surface area contributed by atoms with E-state index in [-0.39, 0.29) is 22.5 Å². The second kappa shape index (κ2) is 7.09. The number of aryl methyl sites for hydroxylation is 1. The molecule has 2 aromatic rings. The molecule has 1 atom stereocenters. The highest BCUT2D eigenvalue weighted by molar-refractivity contribution is 6.02. The van der Waals surface area contributed by atoms with Crippen LogP contribution in [-0.2, 0) is 10.2 Å². The van der Waals surface area contributed by atoms with Crippen LogP contribution < -0.4 is 0 Å². The molecule has 0 saturated heterocycles. The molecule has 0 amide bonds. The van der Waals surface area contributed by atoms with Crippen LogP contribution in [0.1, 0.15) is 59.5 Å². The number of esters is 1. The van der Waals surface area contributed by atoms with Gasteiger partial charge >= 0.3 is 5.97 Å². The Balaban J connectivity index is 2.12. The van der Waals surface area contributed by atoms with E-state index in [4.69, 9.17) is 4.74 Å². The Morgan fingerprint density at radius 3 is 2.20 bits per heavy atom. The van der Waals surface area contributed by atoms with E-state index in [9.17, 15) is 14.7 Å². The Hall–Kier alpha value is -2.62. The van der Waals surface area contributed by atoms with Crippen molar-refractivity contribution in [2.24, 2.45) is 0 Å². The van der Waals surface area contributed by atoms with Gasteiger partial charge in [-0.15, -0.1) is 0 Å². The van der Waals surface area contributed by atoms with Gasteiger partial charge < -0.3 is 9.84 Å². The maximum absolute atomic E-state index is 12.5. The lowest BCUT2D eigenvalue weighted by Gasteiger charge is -2.19. The van der Waals surface area contributed by atoms with Gasteiger partial charge in [-0.25, -0.2) is 4.79 Å². The molecular weight excluding hydrogens is 316 g/mol. The molecule has 0 aromatic heterocycles. The average Bonchev–Trinajstić information content (AvgIpc) is 2.55. The molecule has 0 aliphatic rings. The normalized spacial score (nSPS) is 12.5. The number of phenols is 1. The van der Waals surface area contributed by atoms with Gasteiger partial charge in [0.2, 0.25) is 5.78 Å². The predicted octanol–water partition coefficient (Wildman–Crippen LogP) is 4.43. The fourth-order valence-electron chi connectivity index (χ4n) is 2.47. The third kappa shape index (κ3) is 4.27. The highest BCUT2D eigenvalue weighted by atomic mass is 16.5. The summed E-state index contributed by atoms with van der Waals surface area (Å²) in [6, 6.07) is 12.1. The van der Waals surface area contributed by atoms with Gasteiger partial charge in [0.25, 0.3) is 0 Å². The largest absolute Gasteiger partial charge is 0.507 e. The minimum absolute atomic E-state index is 0.00234. The van der Waals surface area contributed by atoms with Crippen molar-refractivity contribution in [3.63, 3.8) is 0 Å². The molecule has 0 spiro atoms. The molecule has 0 aliphatic carbocycles. The van der Waals surface area contributed by atoms with E-state index in [0.29, 0.717) is 11.1 Å². The smallest absolute Gasteiger partial charge is 0.342 e. The van der Waals surface area contributed by atoms with Crippen molar-refractivity contribution >= 4 is 11.8 Å². The quantitative estimate of drug-likeness (QED) is 0.661. The Morgan fingerprint density at radius 1 is 1.04 bits per heavy atom. The summed E-state index contributed by atoms with van der Waals surface area (Å²) in [5.74, 6) is -1.11. The number of rotatable bonds is 4. The van der Waals surface area contributed by atoms with Crippen molar-refractivity contribution in [2.75, 3.05) is 0 Å². The van der Waals surface area contributed by atoms with Gasteiger partial charge in [0, 0.05) is 5.56 Å². The number of carbonyl (C=O) groups excluding carboxylic acids is 2. The molecule has 2 rings (SSSR count). The lowest BCUT2D eigenvalue weighted by Crippen LogP contribution is -2.24. The van der Waals surface area contributed by atoms with Crippen molar-refractivity contribution in [1.29, 1.82) is 0 Å². The fraction of sp³-hybridized carbons (Fsp3) is 0.333. The van der Waals surface area contributed by atoms with Crippen molar-refractivity contribution in [1.82, 2.24) is 0 Å². The van der Waals surface area contributed by atoms with E-state index >= 15 is 0 Å². The maximum atomic E-state index is 12.5. The monoisotopic (exact) mass is 340 g/mol. The van der Waals surface area contributed by atoms with Crippen LogP contribution in [0.15, 0.2) is 42.5 Å². The zero-order valence-corrected chi connectivity index (χ0v) is 15.3. The zero-order valence-electron chi connectivity index (χ0n) is 15.3. The van der Waals surface area contributed by atoms with E-state index in [1.54, 1.807) is 31.2 Å². The van der Waals surface area contributed by atoms with Crippen molar-refractivity contribution < 1.29 is 19.4 Å². The standard InChI is InChI=1S/C21H24O4/c1-13-7-6-8-17(18(13)22)20(24)25-14(2)19(23)15-9-11-16(12-10-15)21(3,4)5/h6-12,14,22H,1-5H3/t14-/m1/s1. The first-order chi connectivity index (χ1) is 11.6. The van der Waals surface area contributed by atoms with Gasteiger partial charge in [0.05, 0.1) is 0 Å². The van der Waals surface area contributed by atoms with Crippen LogP contribution >= 0.6 is 0 Å². The molecule has 4 heteroatoms. The average molecular weight is 340 g/mol. The summed E-state index contributed by atoms with van der Waals surface area (Å²) in [6.07, 6.45) is -0.937. The second-order valence-electron chi connectivity index (χ2n) is 7.21. The number of ether oxygens (including phenoxy) is 1. The molecule has 4 nitrogen and oxygen atoms in total. The highest BCUT2D eigenvalue weighted by Crippen LogP contribution is 2.24. The minimum atomic E-state index is -0.937. The first kappa shape index (κ1) is 18.7. The molecule has 0 fully saturated rings. The van der Waals surface area contributed by atoms with Crippen LogP contribution in [0.3, 0.4) is 0 Å². The Morgan fingerprint density at radius 2 is 1.64 bits per heavy atom. The van der Waals surface area contributed by atoms with Gasteiger partial charge in [-0.3, -0.25) is 4.79 Å². The maximum Gasteiger partial charge on any atom is 0.342 e. The zero-order chi connectivity index (χ0) is 18.8. The molecule has 0 heterocycles. The van der Waals surface area contributed by atoms with Crippen LogP contribution in [-0.4, -0.2) is 23.0 Å². The first-order valence-electron chi connectivity index (χ1n) is 8.25. The van der Waals surface area contributed by atoms with Crippen LogP contribution in [0.4, 0.5) is 0 Å². The van der Waals surface area contributed by atoms with Gasteiger partial charge in [-0.05, 0) is 36.5 Å². The predicted molar refractivity (Wildman–Crippen MR) is 97.2 cm³/mol. The number of Topliss-reactive ketones (excluding diaryl/α,β-unsaturated/α-hetero) is 1. The van der Waals surface area contributed by atoms with Gasteiger partial charge in [-0.1, -0.05) is 57.2 Å². The molecule has 2 aromatic carbocycles. The van der Waals surface area contributed by atoms with Gasteiger partial charge in [-0.2, -0.15) is 0 Å². The number of carbonyl (C=O) groups is 2. The Kier molecular flexibility index (Phi) is 5.31. The van der Waals surface area contributed by atoms with Gasteiger partial charge in [0.1, 0.15) is 11.3 Å². The van der Waals surface area contributed by atoms with Crippen molar-refractivity contribution in [3.8, 4) is 5.75 Å². The van der Waals surface area contributed by atoms with Crippen molar-refractivity contribution in [3.05, 3.63) is 64.7 Å². The summed E-state index contributed by atoms with van der Waals surface area (Å²) in [5, 5.41) is 9.96. The Bertz CT molecular complexity index is 783. The summed E-state index contributed by atoms with van der Waals surface area (Å²) in [7, 11) is 0. The molecule has 0 radical (unpaired) electrons.